The van der Waals surface area contributed by atoms with Gasteiger partial charge in [-0.1, -0.05) is 23.4 Å². The van der Waals surface area contributed by atoms with Crippen LogP contribution in [0.4, 0.5) is 5.69 Å². The Labute approximate surface area is 187 Å². The molecule has 0 spiro atoms. The molecule has 0 saturated carbocycles. The van der Waals surface area contributed by atoms with Crippen LogP contribution in [-0.2, 0) is 19.1 Å². The van der Waals surface area contributed by atoms with Crippen molar-refractivity contribution < 1.29 is 19.1 Å². The van der Waals surface area contributed by atoms with E-state index in [2.05, 4.69) is 4.98 Å². The maximum atomic E-state index is 12.8. The summed E-state index contributed by atoms with van der Waals surface area (Å²) in [5, 5.41) is 0.367. The standard InChI is InChI=1S/C21H21ClN2O4S2/c1-2-28-18(25)8-5-9-29-21-23-15-11-16(14(22)10-17(15)30-21)24-19(26)12-6-3-4-7-13(12)20(24)27/h10-11H,2-9H2,1H3. The number of benzene rings is 1. The number of thioether (sulfide) groups is 1. The first-order chi connectivity index (χ1) is 14.5. The molecule has 0 bridgehead atoms. The number of hydrogen-bond donors (Lipinski definition) is 0. The van der Waals surface area contributed by atoms with E-state index in [0.29, 0.717) is 59.7 Å². The second-order valence-electron chi connectivity index (χ2n) is 7.12. The number of carbonyl (C=O) groups excluding carboxylic acids is 3. The first-order valence-electron chi connectivity index (χ1n) is 9.99. The summed E-state index contributed by atoms with van der Waals surface area (Å²) in [5.74, 6) is 0.0634. The average Bonchev–Trinajstić information content (AvgIpc) is 3.23. The smallest absolute Gasteiger partial charge is 0.305 e. The Morgan fingerprint density at radius 1 is 1.23 bits per heavy atom. The highest BCUT2D eigenvalue weighted by atomic mass is 35.5. The van der Waals surface area contributed by atoms with E-state index >= 15 is 0 Å². The summed E-state index contributed by atoms with van der Waals surface area (Å²) in [6.07, 6.45) is 4.26. The quantitative estimate of drug-likeness (QED) is 0.245. The van der Waals surface area contributed by atoms with Gasteiger partial charge in [0.15, 0.2) is 4.34 Å². The van der Waals surface area contributed by atoms with Gasteiger partial charge in [0.1, 0.15) is 0 Å². The molecule has 1 aliphatic carbocycles. The third-order valence-electron chi connectivity index (χ3n) is 5.12. The molecule has 0 atom stereocenters. The van der Waals surface area contributed by atoms with E-state index in [1.807, 2.05) is 0 Å². The molecule has 9 heteroatoms. The number of imide groups is 1. The van der Waals surface area contributed by atoms with Gasteiger partial charge >= 0.3 is 5.97 Å². The largest absolute Gasteiger partial charge is 0.466 e. The van der Waals surface area contributed by atoms with Gasteiger partial charge in [-0.05, 0) is 51.2 Å². The van der Waals surface area contributed by atoms with Gasteiger partial charge in [0.2, 0.25) is 0 Å². The Kier molecular flexibility index (Phi) is 6.46. The monoisotopic (exact) mass is 464 g/mol. The molecule has 2 heterocycles. The van der Waals surface area contributed by atoms with Crippen LogP contribution in [0.15, 0.2) is 27.6 Å². The fourth-order valence-corrected chi connectivity index (χ4v) is 6.13. The first-order valence-corrected chi connectivity index (χ1v) is 12.2. The minimum absolute atomic E-state index is 0.185. The number of esters is 1. The van der Waals surface area contributed by atoms with Crippen LogP contribution in [0.25, 0.3) is 10.2 Å². The second kappa shape index (κ2) is 9.08. The number of anilines is 1. The van der Waals surface area contributed by atoms with Crippen LogP contribution in [0.5, 0.6) is 0 Å². The summed E-state index contributed by atoms with van der Waals surface area (Å²) >= 11 is 9.54. The summed E-state index contributed by atoms with van der Waals surface area (Å²) in [5.41, 5.74) is 2.38. The van der Waals surface area contributed by atoms with Crippen molar-refractivity contribution in [1.82, 2.24) is 4.98 Å². The number of halogens is 1. The Morgan fingerprint density at radius 3 is 2.60 bits per heavy atom. The molecule has 0 fully saturated rings. The van der Waals surface area contributed by atoms with Crippen molar-refractivity contribution in [2.75, 3.05) is 17.3 Å². The average molecular weight is 465 g/mol. The molecule has 0 N–H and O–H groups in total. The lowest BCUT2D eigenvalue weighted by atomic mass is 9.93. The molecule has 2 amide bonds. The molecular weight excluding hydrogens is 444 g/mol. The minimum atomic E-state index is -0.250. The Balaban J connectivity index is 1.50. The van der Waals surface area contributed by atoms with Gasteiger partial charge in [-0.25, -0.2) is 9.88 Å². The molecule has 158 valence electrons. The number of hydrogen-bond acceptors (Lipinski definition) is 7. The molecule has 2 aromatic rings. The minimum Gasteiger partial charge on any atom is -0.466 e. The van der Waals surface area contributed by atoms with Gasteiger partial charge in [-0.3, -0.25) is 14.4 Å². The number of fused-ring (bicyclic) bond motifs is 1. The fraction of sp³-hybridized carbons (Fsp3) is 0.429. The van der Waals surface area contributed by atoms with E-state index in [-0.39, 0.29) is 17.8 Å². The number of rotatable bonds is 7. The molecule has 30 heavy (non-hydrogen) atoms. The zero-order valence-corrected chi connectivity index (χ0v) is 18.9. The maximum Gasteiger partial charge on any atom is 0.305 e. The summed E-state index contributed by atoms with van der Waals surface area (Å²) in [6, 6.07) is 3.50. The fourth-order valence-electron chi connectivity index (χ4n) is 3.72. The van der Waals surface area contributed by atoms with Crippen molar-refractivity contribution in [2.24, 2.45) is 0 Å². The number of ether oxygens (including phenoxy) is 1. The van der Waals surface area contributed by atoms with Gasteiger partial charge in [-0.15, -0.1) is 11.3 Å². The third kappa shape index (κ3) is 4.13. The molecule has 6 nitrogen and oxygen atoms in total. The highest BCUT2D eigenvalue weighted by Gasteiger charge is 2.40. The van der Waals surface area contributed by atoms with Crippen molar-refractivity contribution in [3.05, 3.63) is 28.3 Å². The number of thiazole rings is 1. The number of amides is 2. The van der Waals surface area contributed by atoms with Gasteiger partial charge in [0, 0.05) is 23.3 Å². The lowest BCUT2D eigenvalue weighted by molar-refractivity contribution is -0.143. The van der Waals surface area contributed by atoms with Crippen LogP contribution in [0, 0.1) is 0 Å². The molecule has 4 rings (SSSR count). The molecule has 1 aromatic heterocycles. The number of aromatic nitrogens is 1. The highest BCUT2D eigenvalue weighted by Crippen LogP contribution is 2.41. The predicted octanol–water partition coefficient (Wildman–Crippen LogP) is 5.13. The zero-order valence-electron chi connectivity index (χ0n) is 16.5. The van der Waals surface area contributed by atoms with Crippen LogP contribution in [0.1, 0.15) is 45.4 Å². The summed E-state index contributed by atoms with van der Waals surface area (Å²) in [7, 11) is 0. The van der Waals surface area contributed by atoms with E-state index in [0.717, 1.165) is 27.6 Å². The van der Waals surface area contributed by atoms with E-state index in [9.17, 15) is 14.4 Å². The van der Waals surface area contributed by atoms with Gasteiger partial charge in [0.25, 0.3) is 11.8 Å². The first kappa shape index (κ1) is 21.3. The SMILES string of the molecule is CCOC(=O)CCCSc1nc2cc(N3C(=O)C4=C(CCCC4)C3=O)c(Cl)cc2s1. The summed E-state index contributed by atoms with van der Waals surface area (Å²) < 4.78 is 6.69. The number of nitrogens with zero attached hydrogens (tertiary/aromatic N) is 2. The maximum absolute atomic E-state index is 12.8. The lowest BCUT2D eigenvalue weighted by Crippen LogP contribution is -2.31. The molecule has 1 aliphatic heterocycles. The van der Waals surface area contributed by atoms with E-state index in [4.69, 9.17) is 16.3 Å². The second-order valence-corrected chi connectivity index (χ2v) is 9.90. The number of carbonyl (C=O) groups is 3. The topological polar surface area (TPSA) is 76.6 Å². The molecule has 0 unspecified atom stereocenters. The highest BCUT2D eigenvalue weighted by molar-refractivity contribution is 8.01. The van der Waals surface area contributed by atoms with Gasteiger partial charge < -0.3 is 4.74 Å². The van der Waals surface area contributed by atoms with Crippen LogP contribution in [0.3, 0.4) is 0 Å². The molecule has 2 aliphatic rings. The summed E-state index contributed by atoms with van der Waals surface area (Å²) in [4.78, 5) is 43.0. The van der Waals surface area contributed by atoms with Crippen LogP contribution >= 0.6 is 34.7 Å². The van der Waals surface area contributed by atoms with Crippen LogP contribution in [0.2, 0.25) is 5.02 Å². The van der Waals surface area contributed by atoms with Crippen molar-refractivity contribution in [3.8, 4) is 0 Å². The van der Waals surface area contributed by atoms with Gasteiger partial charge in [-0.2, -0.15) is 0 Å². The normalized spacial score (nSPS) is 16.5. The molecule has 0 radical (unpaired) electrons. The van der Waals surface area contributed by atoms with Gasteiger partial charge in [0.05, 0.1) is 27.5 Å². The molecular formula is C21H21ClN2O4S2. The zero-order chi connectivity index (χ0) is 21.3. The third-order valence-corrected chi connectivity index (χ3v) is 7.67. The Bertz CT molecular complexity index is 1030. The van der Waals surface area contributed by atoms with E-state index in [1.165, 1.54) is 16.2 Å². The van der Waals surface area contributed by atoms with Crippen molar-refractivity contribution in [3.63, 3.8) is 0 Å². The predicted molar refractivity (Wildman–Crippen MR) is 119 cm³/mol. The Hall–Kier alpha value is -1.90. The van der Waals surface area contributed by atoms with Crippen molar-refractivity contribution in [1.29, 1.82) is 0 Å². The van der Waals surface area contributed by atoms with Crippen LogP contribution < -0.4 is 4.90 Å². The molecule has 0 saturated heterocycles. The van der Waals surface area contributed by atoms with Crippen molar-refractivity contribution in [2.45, 2.75) is 49.8 Å². The van der Waals surface area contributed by atoms with Crippen LogP contribution in [-0.4, -0.2) is 35.1 Å². The molecule has 1 aromatic carbocycles. The van der Waals surface area contributed by atoms with E-state index in [1.54, 1.807) is 30.8 Å². The Morgan fingerprint density at radius 2 is 1.93 bits per heavy atom. The van der Waals surface area contributed by atoms with E-state index < -0.39 is 0 Å². The van der Waals surface area contributed by atoms with Crippen molar-refractivity contribution >= 4 is 68.4 Å². The lowest BCUT2D eigenvalue weighted by Gasteiger charge is -2.16. The summed E-state index contributed by atoms with van der Waals surface area (Å²) in [6.45, 7) is 2.19.